The number of para-hydroxylation sites is 2. The Morgan fingerprint density at radius 3 is 2.21 bits per heavy atom. The minimum absolute atomic E-state index is 0.0430. The molecule has 2 amide bonds. The van der Waals surface area contributed by atoms with Crippen molar-refractivity contribution in [2.75, 3.05) is 23.7 Å². The number of ether oxygens (including phenoxy) is 1. The van der Waals surface area contributed by atoms with Crippen LogP contribution in [0.15, 0.2) is 87.1 Å². The number of thioether (sulfide) groups is 1. The van der Waals surface area contributed by atoms with Gasteiger partial charge in [-0.25, -0.2) is 8.42 Å². The van der Waals surface area contributed by atoms with Crippen LogP contribution in [-0.4, -0.2) is 56.6 Å². The molecule has 2 unspecified atom stereocenters. The highest BCUT2D eigenvalue weighted by atomic mass is 79.9. The van der Waals surface area contributed by atoms with Crippen molar-refractivity contribution in [2.24, 2.45) is 0 Å². The minimum Gasteiger partial charge on any atom is -0.492 e. The van der Waals surface area contributed by atoms with Crippen LogP contribution in [0.2, 0.25) is 0 Å². The van der Waals surface area contributed by atoms with Gasteiger partial charge in [-0.1, -0.05) is 47.1 Å². The lowest BCUT2D eigenvalue weighted by Gasteiger charge is -2.33. The molecule has 2 atom stereocenters. The number of amides is 2. The zero-order valence-corrected chi connectivity index (χ0v) is 27.8. The fourth-order valence-corrected chi connectivity index (χ4v) is 6.26. The first-order valence-electron chi connectivity index (χ1n) is 13.7. The number of rotatable bonds is 14. The summed E-state index contributed by atoms with van der Waals surface area (Å²) in [4.78, 5) is 29.7. The Labute approximate surface area is 262 Å². The SMILES string of the molecule is CCOc1ccccc1N(CC(=O)N(Cc1ccc(Br)cc1)C(C)C(=O)NC(C)CC)S(=O)(=O)c1ccc(SC)cc1. The van der Waals surface area contributed by atoms with Crippen LogP contribution in [0, 0.1) is 0 Å². The maximum atomic E-state index is 14.1. The van der Waals surface area contributed by atoms with Crippen LogP contribution in [0.5, 0.6) is 5.75 Å². The number of hydrogen-bond donors (Lipinski definition) is 1. The third kappa shape index (κ3) is 8.52. The van der Waals surface area contributed by atoms with Crippen LogP contribution in [0.25, 0.3) is 0 Å². The molecule has 8 nitrogen and oxygen atoms in total. The molecule has 42 heavy (non-hydrogen) atoms. The molecule has 0 heterocycles. The lowest BCUT2D eigenvalue weighted by Crippen LogP contribution is -2.52. The fourth-order valence-electron chi connectivity index (χ4n) is 4.16. The summed E-state index contributed by atoms with van der Waals surface area (Å²) in [6, 6.07) is 19.7. The van der Waals surface area contributed by atoms with Crippen molar-refractivity contribution in [1.29, 1.82) is 0 Å². The summed E-state index contributed by atoms with van der Waals surface area (Å²) in [5, 5.41) is 2.94. The summed E-state index contributed by atoms with van der Waals surface area (Å²) in [5.74, 6) is -0.508. The van der Waals surface area contributed by atoms with Crippen molar-refractivity contribution in [1.82, 2.24) is 10.2 Å². The average Bonchev–Trinajstić information content (AvgIpc) is 2.99. The van der Waals surface area contributed by atoms with Crippen LogP contribution in [0.3, 0.4) is 0 Å². The molecule has 3 aromatic carbocycles. The molecule has 0 aliphatic carbocycles. The van der Waals surface area contributed by atoms with E-state index in [1.54, 1.807) is 50.2 Å². The third-order valence-electron chi connectivity index (χ3n) is 6.79. The van der Waals surface area contributed by atoms with Crippen molar-refractivity contribution < 1.29 is 22.7 Å². The zero-order valence-electron chi connectivity index (χ0n) is 24.5. The second kappa shape index (κ2) is 15.5. The lowest BCUT2D eigenvalue weighted by molar-refractivity contribution is -0.139. The van der Waals surface area contributed by atoms with Gasteiger partial charge in [0.15, 0.2) is 0 Å². The van der Waals surface area contributed by atoms with Gasteiger partial charge in [-0.15, -0.1) is 11.8 Å². The van der Waals surface area contributed by atoms with Gasteiger partial charge in [-0.2, -0.15) is 0 Å². The normalized spacial score (nSPS) is 12.7. The van der Waals surface area contributed by atoms with Crippen molar-refractivity contribution in [3.63, 3.8) is 0 Å². The topological polar surface area (TPSA) is 96.0 Å². The van der Waals surface area contributed by atoms with Crippen LogP contribution in [0.4, 0.5) is 5.69 Å². The Morgan fingerprint density at radius 1 is 0.976 bits per heavy atom. The number of carbonyl (C=O) groups excluding carboxylic acids is 2. The minimum atomic E-state index is -4.21. The number of benzene rings is 3. The number of sulfonamides is 1. The Bertz CT molecular complexity index is 1450. The van der Waals surface area contributed by atoms with Crippen LogP contribution in [-0.2, 0) is 26.2 Å². The fraction of sp³-hybridized carbons (Fsp3) is 0.355. The second-order valence-electron chi connectivity index (χ2n) is 9.73. The van der Waals surface area contributed by atoms with E-state index in [0.29, 0.717) is 12.4 Å². The van der Waals surface area contributed by atoms with Gasteiger partial charge in [-0.05, 0) is 87.5 Å². The predicted molar refractivity (Wildman–Crippen MR) is 172 cm³/mol. The van der Waals surface area contributed by atoms with Crippen LogP contribution in [0.1, 0.15) is 39.7 Å². The summed E-state index contributed by atoms with van der Waals surface area (Å²) >= 11 is 4.93. The van der Waals surface area contributed by atoms with E-state index in [1.165, 1.54) is 28.8 Å². The average molecular weight is 677 g/mol. The Hall–Kier alpha value is -3.02. The first-order chi connectivity index (χ1) is 20.0. The molecular weight excluding hydrogens is 638 g/mol. The molecule has 0 saturated heterocycles. The van der Waals surface area contributed by atoms with E-state index in [1.807, 2.05) is 44.4 Å². The molecule has 0 aliphatic rings. The molecule has 0 aromatic heterocycles. The highest BCUT2D eigenvalue weighted by Crippen LogP contribution is 2.33. The molecule has 0 saturated carbocycles. The van der Waals surface area contributed by atoms with Gasteiger partial charge in [0.2, 0.25) is 11.8 Å². The van der Waals surface area contributed by atoms with Gasteiger partial charge in [-0.3, -0.25) is 13.9 Å². The van der Waals surface area contributed by atoms with Crippen molar-refractivity contribution in [3.8, 4) is 5.75 Å². The molecule has 3 rings (SSSR count). The van der Waals surface area contributed by atoms with Crippen LogP contribution < -0.4 is 14.4 Å². The molecule has 0 aliphatic heterocycles. The van der Waals surface area contributed by atoms with E-state index >= 15 is 0 Å². The number of carbonyl (C=O) groups is 2. The Morgan fingerprint density at radius 2 is 1.62 bits per heavy atom. The predicted octanol–water partition coefficient (Wildman–Crippen LogP) is 6.10. The molecule has 0 spiro atoms. The van der Waals surface area contributed by atoms with Gasteiger partial charge in [0.05, 0.1) is 17.2 Å². The van der Waals surface area contributed by atoms with Gasteiger partial charge in [0, 0.05) is 22.0 Å². The molecule has 0 fully saturated rings. The quantitative estimate of drug-likeness (QED) is 0.208. The maximum absolute atomic E-state index is 14.1. The van der Waals surface area contributed by atoms with E-state index in [0.717, 1.165) is 25.7 Å². The van der Waals surface area contributed by atoms with Gasteiger partial charge < -0.3 is 15.0 Å². The molecule has 0 radical (unpaired) electrons. The highest BCUT2D eigenvalue weighted by Gasteiger charge is 2.34. The highest BCUT2D eigenvalue weighted by molar-refractivity contribution is 9.10. The molecule has 0 bridgehead atoms. The lowest BCUT2D eigenvalue weighted by atomic mass is 10.1. The smallest absolute Gasteiger partial charge is 0.264 e. The summed E-state index contributed by atoms with van der Waals surface area (Å²) in [5.41, 5.74) is 1.04. The van der Waals surface area contributed by atoms with E-state index in [-0.39, 0.29) is 29.1 Å². The third-order valence-corrected chi connectivity index (χ3v) is 9.84. The molecule has 11 heteroatoms. The summed E-state index contributed by atoms with van der Waals surface area (Å²) in [6.45, 7) is 7.21. The van der Waals surface area contributed by atoms with Crippen LogP contribution >= 0.6 is 27.7 Å². The summed E-state index contributed by atoms with van der Waals surface area (Å²) < 4.78 is 36.0. The van der Waals surface area contributed by atoms with Crippen molar-refractivity contribution in [3.05, 3.63) is 82.8 Å². The van der Waals surface area contributed by atoms with Crippen molar-refractivity contribution in [2.45, 2.75) is 62.5 Å². The van der Waals surface area contributed by atoms with E-state index < -0.39 is 28.5 Å². The second-order valence-corrected chi connectivity index (χ2v) is 13.4. The molecular formula is C31H38BrN3O5S2. The zero-order chi connectivity index (χ0) is 30.9. The summed E-state index contributed by atoms with van der Waals surface area (Å²) in [7, 11) is -4.21. The number of anilines is 1. The Kier molecular flexibility index (Phi) is 12.3. The van der Waals surface area contributed by atoms with Gasteiger partial charge in [0.25, 0.3) is 10.0 Å². The van der Waals surface area contributed by atoms with E-state index in [2.05, 4.69) is 21.2 Å². The van der Waals surface area contributed by atoms with Gasteiger partial charge in [0.1, 0.15) is 18.3 Å². The molecule has 1 N–H and O–H groups in total. The largest absolute Gasteiger partial charge is 0.492 e. The molecule has 3 aromatic rings. The monoisotopic (exact) mass is 675 g/mol. The Balaban J connectivity index is 2.07. The maximum Gasteiger partial charge on any atom is 0.264 e. The van der Waals surface area contributed by atoms with E-state index in [9.17, 15) is 18.0 Å². The van der Waals surface area contributed by atoms with Gasteiger partial charge >= 0.3 is 0 Å². The first kappa shape index (κ1) is 33.5. The molecule has 226 valence electrons. The number of halogens is 1. The van der Waals surface area contributed by atoms with E-state index in [4.69, 9.17) is 4.74 Å². The standard InChI is InChI=1S/C31H38BrN3O5S2/c1-6-22(3)33-31(37)23(4)34(20-24-12-14-25(32)15-13-24)30(36)21-35(28-10-8-9-11-29(28)40-7-2)42(38,39)27-18-16-26(41-5)17-19-27/h8-19,22-23H,6-7,20-21H2,1-5H3,(H,33,37). The number of hydrogen-bond acceptors (Lipinski definition) is 6. The van der Waals surface area contributed by atoms with Crippen molar-refractivity contribution >= 4 is 55.2 Å². The first-order valence-corrected chi connectivity index (χ1v) is 17.2. The number of nitrogens with zero attached hydrogens (tertiary/aromatic N) is 2. The number of nitrogens with one attached hydrogen (secondary N) is 1. The summed E-state index contributed by atoms with van der Waals surface area (Å²) in [6.07, 6.45) is 2.64.